The second kappa shape index (κ2) is 6.88. The fourth-order valence-electron chi connectivity index (χ4n) is 3.09. The number of aryl methyl sites for hydroxylation is 1. The van der Waals surface area contributed by atoms with Gasteiger partial charge in [0.1, 0.15) is 0 Å². The molecule has 1 amide bonds. The third-order valence-corrected chi connectivity index (χ3v) is 5.84. The molecule has 5 nitrogen and oxygen atoms in total. The Bertz CT molecular complexity index is 899. The number of anilines is 1. The van der Waals surface area contributed by atoms with Gasteiger partial charge in [0, 0.05) is 22.0 Å². The lowest BCUT2D eigenvalue weighted by atomic mass is 10.2. The fraction of sp³-hybridized carbons (Fsp3) is 0.316. The van der Waals surface area contributed by atoms with Crippen molar-refractivity contribution in [3.63, 3.8) is 0 Å². The summed E-state index contributed by atoms with van der Waals surface area (Å²) < 4.78 is 5.07. The topological polar surface area (TPSA) is 68.0 Å². The number of amides is 1. The molecule has 4 rings (SSSR count). The van der Waals surface area contributed by atoms with E-state index in [-0.39, 0.29) is 5.91 Å². The molecular weight excluding hydrogens is 334 g/mol. The van der Waals surface area contributed by atoms with E-state index in [1.165, 1.54) is 36.8 Å². The molecule has 0 bridgehead atoms. The van der Waals surface area contributed by atoms with E-state index in [0.717, 1.165) is 22.0 Å². The third-order valence-electron chi connectivity index (χ3n) is 4.49. The van der Waals surface area contributed by atoms with Crippen LogP contribution in [0.2, 0.25) is 0 Å². The van der Waals surface area contributed by atoms with E-state index in [9.17, 15) is 4.79 Å². The van der Waals surface area contributed by atoms with Crippen LogP contribution in [0.4, 0.5) is 5.69 Å². The molecule has 128 valence electrons. The van der Waals surface area contributed by atoms with E-state index >= 15 is 0 Å². The van der Waals surface area contributed by atoms with Crippen molar-refractivity contribution in [1.29, 1.82) is 0 Å². The van der Waals surface area contributed by atoms with Gasteiger partial charge in [0.2, 0.25) is 0 Å². The number of hydrogen-bond acceptors (Lipinski definition) is 5. The predicted octanol–water partition coefficient (Wildman–Crippen LogP) is 4.82. The van der Waals surface area contributed by atoms with Crippen LogP contribution in [0.3, 0.4) is 0 Å². The molecule has 1 saturated carbocycles. The molecule has 1 N–H and O–H groups in total. The first-order valence-electron chi connectivity index (χ1n) is 8.49. The van der Waals surface area contributed by atoms with Crippen LogP contribution in [0, 0.1) is 6.92 Å². The molecule has 2 heterocycles. The van der Waals surface area contributed by atoms with Crippen LogP contribution in [0.1, 0.15) is 41.7 Å². The lowest BCUT2D eigenvalue weighted by Gasteiger charge is -2.10. The van der Waals surface area contributed by atoms with Gasteiger partial charge in [-0.3, -0.25) is 4.79 Å². The minimum atomic E-state index is -0.189. The molecule has 1 aliphatic rings. The van der Waals surface area contributed by atoms with E-state index in [1.54, 1.807) is 6.07 Å². The lowest BCUT2D eigenvalue weighted by molar-refractivity contribution is 0.102. The van der Waals surface area contributed by atoms with Gasteiger partial charge in [-0.05, 0) is 50.1 Å². The molecule has 1 aromatic carbocycles. The van der Waals surface area contributed by atoms with Gasteiger partial charge < -0.3 is 9.84 Å². The van der Waals surface area contributed by atoms with Crippen LogP contribution in [-0.4, -0.2) is 21.3 Å². The summed E-state index contributed by atoms with van der Waals surface area (Å²) in [5.74, 6) is -0.189. The van der Waals surface area contributed by atoms with Crippen molar-refractivity contribution in [2.75, 3.05) is 5.32 Å². The Kier molecular flexibility index (Phi) is 4.44. The number of carbonyl (C=O) groups excluding carboxylic acids is 1. The highest BCUT2D eigenvalue weighted by atomic mass is 32.2. The monoisotopic (exact) mass is 353 g/mol. The number of pyridine rings is 1. The largest absolute Gasteiger partial charge is 0.336 e. The van der Waals surface area contributed by atoms with Gasteiger partial charge in [-0.2, -0.15) is 0 Å². The second-order valence-corrected chi connectivity index (χ2v) is 7.72. The van der Waals surface area contributed by atoms with E-state index in [4.69, 9.17) is 4.52 Å². The maximum atomic E-state index is 12.4. The zero-order chi connectivity index (χ0) is 17.2. The van der Waals surface area contributed by atoms with Crippen LogP contribution < -0.4 is 5.32 Å². The van der Waals surface area contributed by atoms with Crippen molar-refractivity contribution in [3.05, 3.63) is 47.8 Å². The minimum Gasteiger partial charge on any atom is -0.336 e. The maximum absolute atomic E-state index is 12.4. The maximum Gasteiger partial charge on any atom is 0.257 e. The number of nitrogens with zero attached hydrogens (tertiary/aromatic N) is 2. The molecule has 0 unspecified atom stereocenters. The number of hydrogen-bond donors (Lipinski definition) is 1. The van der Waals surface area contributed by atoms with Crippen molar-refractivity contribution in [1.82, 2.24) is 10.1 Å². The first kappa shape index (κ1) is 16.1. The first-order chi connectivity index (χ1) is 12.2. The van der Waals surface area contributed by atoms with Crippen molar-refractivity contribution >= 4 is 34.5 Å². The Hall–Kier alpha value is -2.34. The lowest BCUT2D eigenvalue weighted by Crippen LogP contribution is -2.12. The van der Waals surface area contributed by atoms with Crippen LogP contribution >= 0.6 is 11.8 Å². The highest BCUT2D eigenvalue weighted by molar-refractivity contribution is 8.00. The zero-order valence-corrected chi connectivity index (χ0v) is 14.8. The van der Waals surface area contributed by atoms with Crippen molar-refractivity contribution in [3.8, 4) is 0 Å². The Morgan fingerprint density at radius 2 is 2.00 bits per heavy atom. The second-order valence-electron chi connectivity index (χ2n) is 6.35. The molecule has 25 heavy (non-hydrogen) atoms. The molecule has 1 fully saturated rings. The number of benzene rings is 1. The summed E-state index contributed by atoms with van der Waals surface area (Å²) in [4.78, 5) is 17.8. The summed E-state index contributed by atoms with van der Waals surface area (Å²) in [7, 11) is 0. The normalized spacial score (nSPS) is 14.9. The van der Waals surface area contributed by atoms with Crippen LogP contribution in [-0.2, 0) is 0 Å². The summed E-state index contributed by atoms with van der Waals surface area (Å²) >= 11 is 1.94. The molecule has 6 heteroatoms. The van der Waals surface area contributed by atoms with Crippen LogP contribution in [0.15, 0.2) is 45.9 Å². The summed E-state index contributed by atoms with van der Waals surface area (Å²) in [5.41, 5.74) is 2.44. The summed E-state index contributed by atoms with van der Waals surface area (Å²) in [6, 6.07) is 9.81. The van der Waals surface area contributed by atoms with E-state index < -0.39 is 0 Å². The Balaban J connectivity index is 1.44. The molecular formula is C19H19N3O2S. The average molecular weight is 353 g/mol. The van der Waals surface area contributed by atoms with Crippen molar-refractivity contribution in [2.45, 2.75) is 42.8 Å². The number of fused-ring (bicyclic) bond motifs is 1. The first-order valence-corrected chi connectivity index (χ1v) is 9.37. The SMILES string of the molecule is Cc1noc2ncc(C(=O)Nc3ccc(SC4CCCC4)cc3)cc12. The van der Waals surface area contributed by atoms with Crippen molar-refractivity contribution < 1.29 is 9.32 Å². The van der Waals surface area contributed by atoms with Crippen LogP contribution in [0.25, 0.3) is 11.1 Å². The number of nitrogens with one attached hydrogen (secondary N) is 1. The number of thioether (sulfide) groups is 1. The minimum absolute atomic E-state index is 0.189. The van der Waals surface area contributed by atoms with Gasteiger partial charge in [-0.25, -0.2) is 4.98 Å². The van der Waals surface area contributed by atoms with Gasteiger partial charge in [0.15, 0.2) is 0 Å². The third kappa shape index (κ3) is 3.54. The Morgan fingerprint density at radius 3 is 2.76 bits per heavy atom. The fourth-order valence-corrected chi connectivity index (χ4v) is 4.34. The molecule has 2 aromatic heterocycles. The summed E-state index contributed by atoms with van der Waals surface area (Å²) in [6.07, 6.45) is 6.81. The van der Waals surface area contributed by atoms with Gasteiger partial charge in [0.05, 0.1) is 16.6 Å². The zero-order valence-electron chi connectivity index (χ0n) is 14.0. The van der Waals surface area contributed by atoms with Gasteiger partial charge >= 0.3 is 0 Å². The molecule has 1 aliphatic carbocycles. The number of aromatic nitrogens is 2. The van der Waals surface area contributed by atoms with E-state index in [2.05, 4.69) is 27.6 Å². The molecule has 0 atom stereocenters. The van der Waals surface area contributed by atoms with E-state index in [0.29, 0.717) is 11.3 Å². The molecule has 0 radical (unpaired) electrons. The van der Waals surface area contributed by atoms with Gasteiger partial charge in [0.25, 0.3) is 11.6 Å². The highest BCUT2D eigenvalue weighted by Gasteiger charge is 2.16. The van der Waals surface area contributed by atoms with Crippen LogP contribution in [0.5, 0.6) is 0 Å². The predicted molar refractivity (Wildman–Crippen MR) is 99.0 cm³/mol. The Labute approximate surface area is 150 Å². The summed E-state index contributed by atoms with van der Waals surface area (Å²) in [6.45, 7) is 1.83. The molecule has 3 aromatic rings. The number of rotatable bonds is 4. The average Bonchev–Trinajstić information content (AvgIpc) is 3.26. The quantitative estimate of drug-likeness (QED) is 0.728. The smallest absolute Gasteiger partial charge is 0.257 e. The molecule has 0 spiro atoms. The highest BCUT2D eigenvalue weighted by Crippen LogP contribution is 2.35. The standard InChI is InChI=1S/C19H19N3O2S/c1-12-17-10-13(11-20-19(17)24-22-12)18(23)21-14-6-8-16(9-7-14)25-15-4-2-3-5-15/h6-11,15H,2-5H2,1H3,(H,21,23). The molecule has 0 aliphatic heterocycles. The summed E-state index contributed by atoms with van der Waals surface area (Å²) in [5, 5.41) is 8.28. The number of carbonyl (C=O) groups is 1. The van der Waals surface area contributed by atoms with Crippen molar-refractivity contribution in [2.24, 2.45) is 0 Å². The van der Waals surface area contributed by atoms with Gasteiger partial charge in [-0.15, -0.1) is 11.8 Å². The van der Waals surface area contributed by atoms with E-state index in [1.807, 2.05) is 30.8 Å². The Morgan fingerprint density at radius 1 is 1.24 bits per heavy atom. The molecule has 0 saturated heterocycles. The van der Waals surface area contributed by atoms with Gasteiger partial charge in [-0.1, -0.05) is 18.0 Å².